The van der Waals surface area contributed by atoms with E-state index in [9.17, 15) is 19.6 Å². The van der Waals surface area contributed by atoms with E-state index in [0.717, 1.165) is 48.8 Å². The smallest absolute Gasteiger partial charge is 0.408 e. The predicted octanol–water partition coefficient (Wildman–Crippen LogP) is 5.28. The summed E-state index contributed by atoms with van der Waals surface area (Å²) < 4.78 is 5.46. The molecule has 0 saturated heterocycles. The predicted molar refractivity (Wildman–Crippen MR) is 154 cm³/mol. The number of aryl methyl sites for hydroxylation is 2. The number of benzene rings is 2. The van der Waals surface area contributed by atoms with Crippen molar-refractivity contribution in [2.75, 3.05) is 6.54 Å². The van der Waals surface area contributed by atoms with E-state index in [2.05, 4.69) is 16.7 Å². The highest BCUT2D eigenvalue weighted by Crippen LogP contribution is 2.27. The number of nitriles is 1. The molecule has 1 aliphatic carbocycles. The molecule has 0 aromatic heterocycles. The Labute approximate surface area is 238 Å². The van der Waals surface area contributed by atoms with E-state index in [-0.39, 0.29) is 24.9 Å². The first-order valence-electron chi connectivity index (χ1n) is 14.1. The molecular weight excluding hydrogens is 504 g/mol. The average Bonchev–Trinajstić information content (AvgIpc) is 2.87. The summed E-state index contributed by atoms with van der Waals surface area (Å²) >= 11 is 0. The van der Waals surface area contributed by atoms with Crippen molar-refractivity contribution in [2.45, 2.75) is 96.9 Å². The first-order chi connectivity index (χ1) is 19.0. The van der Waals surface area contributed by atoms with Gasteiger partial charge in [0.05, 0.1) is 6.07 Å². The van der Waals surface area contributed by atoms with E-state index in [4.69, 9.17) is 4.74 Å². The van der Waals surface area contributed by atoms with Gasteiger partial charge in [-0.05, 0) is 58.6 Å². The lowest BCUT2D eigenvalue weighted by molar-refractivity contribution is -0.142. The second-order valence-corrected chi connectivity index (χ2v) is 11.7. The monoisotopic (exact) mass is 546 g/mol. The zero-order valence-electron chi connectivity index (χ0n) is 24.3. The molecule has 0 radical (unpaired) electrons. The van der Waals surface area contributed by atoms with Crippen LogP contribution in [-0.4, -0.2) is 47.0 Å². The van der Waals surface area contributed by atoms with Crippen LogP contribution in [0, 0.1) is 25.2 Å². The summed E-state index contributed by atoms with van der Waals surface area (Å²) in [5.74, 6) is -0.851. The van der Waals surface area contributed by atoms with Crippen molar-refractivity contribution in [3.63, 3.8) is 0 Å². The Hall–Kier alpha value is -3.86. The van der Waals surface area contributed by atoms with Crippen molar-refractivity contribution in [1.29, 1.82) is 5.26 Å². The Bertz CT molecular complexity index is 1190. The summed E-state index contributed by atoms with van der Waals surface area (Å²) in [5, 5.41) is 15.7. The van der Waals surface area contributed by atoms with Crippen LogP contribution in [0.3, 0.4) is 0 Å². The van der Waals surface area contributed by atoms with Gasteiger partial charge in [0.1, 0.15) is 24.2 Å². The molecule has 8 nitrogen and oxygen atoms in total. The maximum Gasteiger partial charge on any atom is 0.408 e. The van der Waals surface area contributed by atoms with Gasteiger partial charge < -0.3 is 20.3 Å². The van der Waals surface area contributed by atoms with E-state index in [1.165, 1.54) is 4.90 Å². The fourth-order valence-corrected chi connectivity index (χ4v) is 5.24. The van der Waals surface area contributed by atoms with Gasteiger partial charge in [-0.2, -0.15) is 5.26 Å². The standard InChI is InChI=1S/C32H42N4O4/c1-22-18-23(2)20-25(19-22)28(29(37)34-26-14-10-7-11-15-26)36(17-16-33)30(38)27(21-24-12-8-6-9-13-24)35-31(39)40-32(3,4)5/h6,8-9,12-13,18-20,26-28H,7,10-11,14-15,17,21H2,1-5H3,(H,34,37)(H,35,39). The molecule has 40 heavy (non-hydrogen) atoms. The van der Waals surface area contributed by atoms with Crippen LogP contribution >= 0.6 is 0 Å². The van der Waals surface area contributed by atoms with Crippen molar-refractivity contribution < 1.29 is 19.1 Å². The first kappa shape index (κ1) is 30.7. The van der Waals surface area contributed by atoms with Crippen LogP contribution < -0.4 is 10.6 Å². The lowest BCUT2D eigenvalue weighted by Gasteiger charge is -2.34. The van der Waals surface area contributed by atoms with Gasteiger partial charge in [0.15, 0.2) is 0 Å². The molecule has 8 heteroatoms. The molecule has 2 aromatic carbocycles. The number of amides is 3. The number of alkyl carbamates (subject to hydrolysis) is 1. The quantitative estimate of drug-likeness (QED) is 0.416. The van der Waals surface area contributed by atoms with Crippen LogP contribution in [0.4, 0.5) is 4.79 Å². The van der Waals surface area contributed by atoms with Crippen molar-refractivity contribution >= 4 is 17.9 Å². The third kappa shape index (κ3) is 9.11. The zero-order valence-corrected chi connectivity index (χ0v) is 24.3. The number of ether oxygens (including phenoxy) is 1. The van der Waals surface area contributed by atoms with Gasteiger partial charge in [-0.15, -0.1) is 0 Å². The Balaban J connectivity index is 2.02. The van der Waals surface area contributed by atoms with Crippen LogP contribution in [0.1, 0.15) is 81.2 Å². The summed E-state index contributed by atoms with van der Waals surface area (Å²) in [6, 6.07) is 15.1. The minimum Gasteiger partial charge on any atom is -0.444 e. The molecule has 0 aliphatic heterocycles. The molecule has 1 fully saturated rings. The number of nitrogens with one attached hydrogen (secondary N) is 2. The summed E-state index contributed by atoms with van der Waals surface area (Å²) in [4.78, 5) is 42.3. The SMILES string of the molecule is Cc1cc(C)cc(C(C(=O)NC2CCCCC2)N(CC#N)C(=O)C(Cc2ccccc2)NC(=O)OC(C)(C)C)c1. The number of rotatable bonds is 9. The Morgan fingerprint density at radius 1 is 1.02 bits per heavy atom. The normalized spacial score (nSPS) is 15.3. The summed E-state index contributed by atoms with van der Waals surface area (Å²) in [6.45, 7) is 8.78. The Morgan fingerprint density at radius 2 is 1.65 bits per heavy atom. The van der Waals surface area contributed by atoms with E-state index >= 15 is 0 Å². The Kier molecular flexibility index (Phi) is 10.7. The molecule has 1 aliphatic rings. The fourth-order valence-electron chi connectivity index (χ4n) is 5.24. The molecule has 2 N–H and O–H groups in total. The second-order valence-electron chi connectivity index (χ2n) is 11.7. The number of nitrogens with zero attached hydrogens (tertiary/aromatic N) is 2. The van der Waals surface area contributed by atoms with Crippen molar-refractivity contribution in [3.05, 3.63) is 70.8 Å². The van der Waals surface area contributed by atoms with Crippen LogP contribution in [0.5, 0.6) is 0 Å². The highest BCUT2D eigenvalue weighted by atomic mass is 16.6. The van der Waals surface area contributed by atoms with Crippen LogP contribution in [0.15, 0.2) is 48.5 Å². The first-order valence-corrected chi connectivity index (χ1v) is 14.1. The van der Waals surface area contributed by atoms with E-state index in [1.54, 1.807) is 20.8 Å². The van der Waals surface area contributed by atoms with Gasteiger partial charge >= 0.3 is 6.09 Å². The molecular formula is C32H42N4O4. The lowest BCUT2D eigenvalue weighted by Crippen LogP contribution is -2.54. The minimum absolute atomic E-state index is 0.0219. The number of carbonyl (C=O) groups excluding carboxylic acids is 3. The fraction of sp³-hybridized carbons (Fsp3) is 0.500. The van der Waals surface area contributed by atoms with E-state index in [1.807, 2.05) is 62.4 Å². The van der Waals surface area contributed by atoms with E-state index < -0.39 is 29.7 Å². The zero-order chi connectivity index (χ0) is 29.3. The van der Waals surface area contributed by atoms with Gasteiger partial charge in [0, 0.05) is 12.5 Å². The molecule has 1 saturated carbocycles. The van der Waals surface area contributed by atoms with Crippen LogP contribution in [-0.2, 0) is 20.7 Å². The molecule has 214 valence electrons. The number of hydrogen-bond acceptors (Lipinski definition) is 5. The largest absolute Gasteiger partial charge is 0.444 e. The summed E-state index contributed by atoms with van der Waals surface area (Å²) in [6.07, 6.45) is 4.42. The maximum absolute atomic E-state index is 14.2. The topological polar surface area (TPSA) is 112 Å². The highest BCUT2D eigenvalue weighted by molar-refractivity contribution is 5.92. The number of carbonyl (C=O) groups is 3. The summed E-state index contributed by atoms with van der Waals surface area (Å²) in [5.41, 5.74) is 2.58. The number of hydrogen-bond donors (Lipinski definition) is 2. The molecule has 0 bridgehead atoms. The lowest BCUT2D eigenvalue weighted by atomic mass is 9.94. The van der Waals surface area contributed by atoms with Gasteiger partial charge in [0.25, 0.3) is 0 Å². The van der Waals surface area contributed by atoms with Crippen LogP contribution in [0.2, 0.25) is 0 Å². The second kappa shape index (κ2) is 14.0. The van der Waals surface area contributed by atoms with E-state index in [0.29, 0.717) is 5.56 Å². The molecule has 2 atom stereocenters. The maximum atomic E-state index is 14.2. The van der Waals surface area contributed by atoms with Crippen molar-refractivity contribution in [1.82, 2.24) is 15.5 Å². The Morgan fingerprint density at radius 3 is 2.23 bits per heavy atom. The molecule has 0 spiro atoms. The molecule has 3 amide bonds. The van der Waals surface area contributed by atoms with Crippen molar-refractivity contribution in [3.8, 4) is 6.07 Å². The highest BCUT2D eigenvalue weighted by Gasteiger charge is 2.37. The molecule has 3 rings (SSSR count). The van der Waals surface area contributed by atoms with Crippen molar-refractivity contribution in [2.24, 2.45) is 0 Å². The van der Waals surface area contributed by atoms with Gasteiger partial charge in [-0.1, -0.05) is 78.9 Å². The minimum atomic E-state index is -1.05. The molecule has 2 aromatic rings. The van der Waals surface area contributed by atoms with Gasteiger partial charge in [-0.3, -0.25) is 9.59 Å². The van der Waals surface area contributed by atoms with Gasteiger partial charge in [-0.25, -0.2) is 4.79 Å². The third-order valence-electron chi connectivity index (χ3n) is 6.87. The van der Waals surface area contributed by atoms with Crippen LogP contribution in [0.25, 0.3) is 0 Å². The average molecular weight is 547 g/mol. The molecule has 2 unspecified atom stereocenters. The summed E-state index contributed by atoms with van der Waals surface area (Å²) in [7, 11) is 0. The third-order valence-corrected chi connectivity index (χ3v) is 6.87. The van der Waals surface area contributed by atoms with Gasteiger partial charge in [0.2, 0.25) is 11.8 Å². The molecule has 0 heterocycles.